The Bertz CT molecular complexity index is 812. The highest BCUT2D eigenvalue weighted by molar-refractivity contribution is 9.14. The quantitative estimate of drug-likeness (QED) is 0.418. The molecule has 104 valence electrons. The Kier molecular flexibility index (Phi) is 4.87. The number of hydrogen-bond donors (Lipinski definition) is 0. The summed E-state index contributed by atoms with van der Waals surface area (Å²) in [6, 6.07) is 13.1. The number of benzene rings is 3. The van der Waals surface area contributed by atoms with Crippen molar-refractivity contribution in [1.29, 1.82) is 0 Å². The van der Waals surface area contributed by atoms with Gasteiger partial charge < -0.3 is 0 Å². The average Bonchev–Trinajstić information content (AvgIpc) is 2.46. The van der Waals surface area contributed by atoms with Crippen LogP contribution in [0.5, 0.6) is 0 Å². The van der Waals surface area contributed by atoms with Gasteiger partial charge in [0.15, 0.2) is 0 Å². The summed E-state index contributed by atoms with van der Waals surface area (Å²) in [5.41, 5.74) is 1.32. The Morgan fingerprint density at radius 2 is 1.55 bits per heavy atom. The first-order chi connectivity index (χ1) is 9.59. The van der Waals surface area contributed by atoms with Gasteiger partial charge in [-0.1, -0.05) is 76.0 Å². The zero-order valence-corrected chi connectivity index (χ0v) is 15.4. The Labute approximate surface area is 137 Å². The molecule has 0 heterocycles. The molecular formula is C18H18Br2. The molecule has 0 saturated carbocycles. The van der Waals surface area contributed by atoms with Gasteiger partial charge in [-0.05, 0) is 56.7 Å². The number of hydrogen-bond acceptors (Lipinski definition) is 0. The first kappa shape index (κ1) is 15.5. The summed E-state index contributed by atoms with van der Waals surface area (Å²) in [6.45, 7) is 8.27. The van der Waals surface area contributed by atoms with Crippen molar-refractivity contribution in [3.05, 3.63) is 51.7 Å². The van der Waals surface area contributed by atoms with Crippen LogP contribution in [-0.4, -0.2) is 0 Å². The molecule has 0 N–H and O–H groups in total. The molecule has 0 radical (unpaired) electrons. The van der Waals surface area contributed by atoms with Gasteiger partial charge in [-0.3, -0.25) is 0 Å². The van der Waals surface area contributed by atoms with Crippen LogP contribution < -0.4 is 5.22 Å². The van der Waals surface area contributed by atoms with Crippen LogP contribution >= 0.6 is 31.9 Å². The van der Waals surface area contributed by atoms with E-state index in [0.29, 0.717) is 0 Å². The van der Waals surface area contributed by atoms with Crippen LogP contribution in [0.3, 0.4) is 0 Å². The third kappa shape index (κ3) is 2.51. The zero-order valence-electron chi connectivity index (χ0n) is 12.2. The summed E-state index contributed by atoms with van der Waals surface area (Å²) in [5.74, 6) is 0. The van der Waals surface area contributed by atoms with E-state index in [-0.39, 0.29) is 0 Å². The molecule has 0 amide bonds. The number of halogens is 2. The minimum Gasteiger partial charge on any atom is -0.0683 e. The minimum atomic E-state index is 1.16. The number of aryl methyl sites for hydroxylation is 1. The van der Waals surface area contributed by atoms with Crippen molar-refractivity contribution in [1.82, 2.24) is 0 Å². The fourth-order valence-electron chi connectivity index (χ4n) is 2.57. The molecule has 0 bridgehead atoms. The second-order valence-electron chi connectivity index (χ2n) is 4.60. The van der Waals surface area contributed by atoms with Gasteiger partial charge >= 0.3 is 0 Å². The fourth-order valence-corrected chi connectivity index (χ4v) is 3.36. The summed E-state index contributed by atoms with van der Waals surface area (Å²) in [7, 11) is 0. The normalized spacial score (nSPS) is 12.3. The lowest BCUT2D eigenvalue weighted by Crippen LogP contribution is -2.05. The lowest BCUT2D eigenvalue weighted by Gasteiger charge is -2.11. The largest absolute Gasteiger partial charge is 0.0683 e. The third-order valence-electron chi connectivity index (χ3n) is 3.44. The average molecular weight is 394 g/mol. The molecule has 0 aliphatic heterocycles. The molecule has 0 aromatic heterocycles. The Morgan fingerprint density at radius 1 is 0.900 bits per heavy atom. The molecule has 20 heavy (non-hydrogen) atoms. The van der Waals surface area contributed by atoms with Crippen LogP contribution in [0.1, 0.15) is 26.3 Å². The van der Waals surface area contributed by atoms with Crippen LogP contribution in [-0.2, 0) is 0 Å². The van der Waals surface area contributed by atoms with Crippen LogP contribution in [0.2, 0.25) is 0 Å². The maximum atomic E-state index is 3.65. The van der Waals surface area contributed by atoms with E-state index in [1.165, 1.54) is 36.8 Å². The summed E-state index contributed by atoms with van der Waals surface area (Å²) in [4.78, 5) is 0. The van der Waals surface area contributed by atoms with Gasteiger partial charge in [-0.2, -0.15) is 0 Å². The van der Waals surface area contributed by atoms with Crippen molar-refractivity contribution in [3.63, 3.8) is 0 Å². The van der Waals surface area contributed by atoms with Crippen LogP contribution in [0.25, 0.3) is 26.0 Å². The van der Waals surface area contributed by atoms with Crippen molar-refractivity contribution in [2.45, 2.75) is 27.7 Å². The Morgan fingerprint density at radius 3 is 2.20 bits per heavy atom. The molecule has 0 unspecified atom stereocenters. The molecule has 0 fully saturated rings. The van der Waals surface area contributed by atoms with E-state index in [4.69, 9.17) is 0 Å². The van der Waals surface area contributed by atoms with E-state index in [0.717, 1.165) is 4.47 Å². The fraction of sp³-hybridized carbons (Fsp3) is 0.222. The topological polar surface area (TPSA) is 0 Å². The SMILES string of the molecule is C/C(Br)=c1/ccc2ccc(Br)c3ccc(C)c1c23.CC. The van der Waals surface area contributed by atoms with E-state index in [9.17, 15) is 0 Å². The second kappa shape index (κ2) is 6.28. The van der Waals surface area contributed by atoms with E-state index in [1.807, 2.05) is 13.8 Å². The second-order valence-corrected chi connectivity index (χ2v) is 6.64. The lowest BCUT2D eigenvalue weighted by molar-refractivity contribution is 1.50. The van der Waals surface area contributed by atoms with Gasteiger partial charge in [0.2, 0.25) is 0 Å². The molecule has 0 saturated heterocycles. The molecule has 3 rings (SSSR count). The monoisotopic (exact) mass is 392 g/mol. The standard InChI is InChI=1S/C16H12Br2.C2H6/c1-9-3-6-13-14(18)8-5-11-4-7-12(10(2)17)15(9)16(11)13;1-2/h3-8H,1-2H3;1-2H3/b12-10+;. The zero-order chi connectivity index (χ0) is 14.9. The van der Waals surface area contributed by atoms with Gasteiger partial charge in [0.25, 0.3) is 0 Å². The van der Waals surface area contributed by atoms with Crippen molar-refractivity contribution < 1.29 is 0 Å². The summed E-state index contributed by atoms with van der Waals surface area (Å²) >= 11 is 7.27. The summed E-state index contributed by atoms with van der Waals surface area (Å²) in [5, 5.41) is 6.55. The first-order valence-electron chi connectivity index (χ1n) is 6.86. The Hall–Kier alpha value is -0.860. The summed E-state index contributed by atoms with van der Waals surface area (Å²) in [6.07, 6.45) is 0. The van der Waals surface area contributed by atoms with Crippen molar-refractivity contribution in [2.75, 3.05) is 0 Å². The lowest BCUT2D eigenvalue weighted by atomic mass is 9.96. The predicted molar refractivity (Wildman–Crippen MR) is 98.5 cm³/mol. The van der Waals surface area contributed by atoms with E-state index in [2.05, 4.69) is 82.1 Å². The number of rotatable bonds is 0. The van der Waals surface area contributed by atoms with Crippen molar-refractivity contribution in [3.8, 4) is 0 Å². The Balaban J connectivity index is 0.000000704. The van der Waals surface area contributed by atoms with Gasteiger partial charge in [0.1, 0.15) is 0 Å². The highest BCUT2D eigenvalue weighted by atomic mass is 79.9. The van der Waals surface area contributed by atoms with Crippen LogP contribution in [0.4, 0.5) is 0 Å². The first-order valence-corrected chi connectivity index (χ1v) is 8.45. The van der Waals surface area contributed by atoms with Crippen LogP contribution in [0, 0.1) is 6.92 Å². The van der Waals surface area contributed by atoms with Crippen molar-refractivity contribution >= 4 is 57.9 Å². The highest BCUT2D eigenvalue weighted by Gasteiger charge is 2.08. The molecule has 0 aliphatic rings. The van der Waals surface area contributed by atoms with Gasteiger partial charge in [-0.15, -0.1) is 0 Å². The third-order valence-corrected chi connectivity index (χ3v) is 4.56. The molecule has 2 heteroatoms. The van der Waals surface area contributed by atoms with E-state index < -0.39 is 0 Å². The predicted octanol–water partition coefficient (Wildman–Crippen LogP) is 6.33. The molecular weight excluding hydrogens is 376 g/mol. The molecule has 0 atom stereocenters. The minimum absolute atomic E-state index is 1.16. The van der Waals surface area contributed by atoms with Gasteiger partial charge in [0, 0.05) is 4.47 Å². The summed E-state index contributed by atoms with van der Waals surface area (Å²) < 4.78 is 2.34. The molecule has 0 spiro atoms. The van der Waals surface area contributed by atoms with Crippen molar-refractivity contribution in [2.24, 2.45) is 0 Å². The van der Waals surface area contributed by atoms with Crippen LogP contribution in [0.15, 0.2) is 40.9 Å². The van der Waals surface area contributed by atoms with Gasteiger partial charge in [-0.25, -0.2) is 0 Å². The van der Waals surface area contributed by atoms with E-state index >= 15 is 0 Å². The van der Waals surface area contributed by atoms with E-state index in [1.54, 1.807) is 0 Å². The molecule has 3 aromatic rings. The highest BCUT2D eigenvalue weighted by Crippen LogP contribution is 2.32. The van der Waals surface area contributed by atoms with Gasteiger partial charge in [0.05, 0.1) is 0 Å². The molecule has 3 aromatic carbocycles. The maximum absolute atomic E-state index is 3.65. The smallest absolute Gasteiger partial charge is 0.0254 e. The maximum Gasteiger partial charge on any atom is 0.0254 e. The molecule has 0 aliphatic carbocycles. The molecule has 0 nitrogen and oxygen atoms in total.